The van der Waals surface area contributed by atoms with Crippen molar-refractivity contribution < 1.29 is 36.0 Å². The fraction of sp³-hybridized carbons (Fsp3) is 0. The molecular formula is C22H14AsN5O9S2. The van der Waals surface area contributed by atoms with Gasteiger partial charge >= 0.3 is 229 Å². The van der Waals surface area contributed by atoms with Gasteiger partial charge in [-0.3, -0.25) is 0 Å². The Balaban J connectivity index is 2.01. The Kier molecular flexibility index (Phi) is 7.59. The standard InChI is InChI=1S/C22H14AsN5O9S2/c23-19-18-12(10-17(39(35,36)37)21(22(18)29)27-24-13-5-2-1-3-6-13)9-16(38(32,33)34)20(19)26-25-14-7-4-8-15(11-14)28(30)31/h1-11,29H,(H,32,33,34)(H,35,36,37). The first-order chi connectivity index (χ1) is 18.3. The van der Waals surface area contributed by atoms with E-state index in [1.54, 1.807) is 30.3 Å². The Morgan fingerprint density at radius 3 is 1.87 bits per heavy atom. The molecule has 0 spiro atoms. The van der Waals surface area contributed by atoms with E-state index in [9.17, 15) is 41.2 Å². The molecule has 0 aliphatic carbocycles. The first kappa shape index (κ1) is 27.9. The number of hydrogen-bond donors (Lipinski definition) is 3. The SMILES string of the molecule is O=[N+]([O-])c1cccc(N=Nc2c(S(=O)(=O)O)cc3cc(S(=O)(=O)O)c(N=Nc4ccccc4)c(O)c3c2[As])c1. The molecule has 2 radical (unpaired) electrons. The van der Waals surface area contributed by atoms with Crippen LogP contribution >= 0.6 is 0 Å². The van der Waals surface area contributed by atoms with Gasteiger partial charge in [-0.1, -0.05) is 0 Å². The number of fused-ring (bicyclic) bond motifs is 1. The summed E-state index contributed by atoms with van der Waals surface area (Å²) in [4.78, 5) is 8.67. The van der Waals surface area contributed by atoms with Crippen LogP contribution in [0.2, 0.25) is 0 Å². The van der Waals surface area contributed by atoms with Crippen molar-refractivity contribution in [2.75, 3.05) is 0 Å². The van der Waals surface area contributed by atoms with E-state index >= 15 is 0 Å². The summed E-state index contributed by atoms with van der Waals surface area (Å²) in [5, 5.41) is 37.0. The summed E-state index contributed by atoms with van der Waals surface area (Å²) in [5.74, 6) is -0.802. The van der Waals surface area contributed by atoms with E-state index in [1.807, 2.05) is 16.9 Å². The fourth-order valence-electron chi connectivity index (χ4n) is 3.43. The van der Waals surface area contributed by atoms with E-state index in [0.29, 0.717) is 5.69 Å². The van der Waals surface area contributed by atoms with Crippen molar-refractivity contribution in [3.63, 3.8) is 0 Å². The molecule has 17 heteroatoms. The molecule has 4 rings (SSSR count). The Morgan fingerprint density at radius 2 is 1.28 bits per heavy atom. The van der Waals surface area contributed by atoms with E-state index < -0.39 is 52.1 Å². The second-order valence-electron chi connectivity index (χ2n) is 7.70. The molecule has 14 nitrogen and oxygen atoms in total. The van der Waals surface area contributed by atoms with Crippen LogP contribution in [0.4, 0.5) is 28.4 Å². The molecule has 39 heavy (non-hydrogen) atoms. The van der Waals surface area contributed by atoms with Crippen molar-refractivity contribution in [3.8, 4) is 5.75 Å². The summed E-state index contributed by atoms with van der Waals surface area (Å²) in [6.07, 6.45) is 0. The van der Waals surface area contributed by atoms with E-state index in [0.717, 1.165) is 18.2 Å². The van der Waals surface area contributed by atoms with E-state index in [-0.39, 0.29) is 26.5 Å². The molecule has 0 amide bonds. The van der Waals surface area contributed by atoms with E-state index in [4.69, 9.17) is 0 Å². The van der Waals surface area contributed by atoms with Crippen molar-refractivity contribution in [1.29, 1.82) is 0 Å². The van der Waals surface area contributed by atoms with Gasteiger partial charge in [0.2, 0.25) is 0 Å². The number of nitro groups is 1. The van der Waals surface area contributed by atoms with Crippen molar-refractivity contribution in [2.45, 2.75) is 9.79 Å². The van der Waals surface area contributed by atoms with Crippen LogP contribution in [-0.2, 0) is 20.2 Å². The van der Waals surface area contributed by atoms with Crippen molar-refractivity contribution in [2.24, 2.45) is 20.5 Å². The third-order valence-corrected chi connectivity index (χ3v) is 7.78. The molecule has 4 aromatic rings. The Morgan fingerprint density at radius 1 is 0.744 bits per heavy atom. The zero-order chi connectivity index (χ0) is 28.5. The average molecular weight is 631 g/mol. The molecule has 0 saturated heterocycles. The summed E-state index contributed by atoms with van der Waals surface area (Å²) >= 11 is 1.91. The topological polar surface area (TPSA) is 222 Å². The Bertz CT molecular complexity index is 1910. The second-order valence-corrected chi connectivity index (χ2v) is 11.4. The third kappa shape index (κ3) is 6.00. The van der Waals surface area contributed by atoms with Gasteiger partial charge in [0.1, 0.15) is 0 Å². The summed E-state index contributed by atoms with van der Waals surface area (Å²) in [6, 6.07) is 14.7. The van der Waals surface area contributed by atoms with Gasteiger partial charge in [-0.05, 0) is 0 Å². The van der Waals surface area contributed by atoms with Crippen LogP contribution in [0.25, 0.3) is 10.8 Å². The van der Waals surface area contributed by atoms with Crippen LogP contribution in [0.15, 0.2) is 97.0 Å². The summed E-state index contributed by atoms with van der Waals surface area (Å²) in [7, 11) is -10.0. The molecule has 0 unspecified atom stereocenters. The van der Waals surface area contributed by atoms with E-state index in [2.05, 4.69) is 20.5 Å². The number of nitro benzene ring substituents is 1. The van der Waals surface area contributed by atoms with Crippen LogP contribution in [0.1, 0.15) is 0 Å². The second kappa shape index (κ2) is 10.6. The molecule has 3 N–H and O–H groups in total. The number of non-ortho nitro benzene ring substituents is 1. The Labute approximate surface area is 228 Å². The normalized spacial score (nSPS) is 12.5. The molecule has 0 bridgehead atoms. The van der Waals surface area contributed by atoms with Gasteiger partial charge in [-0.25, -0.2) is 0 Å². The molecule has 4 aromatic carbocycles. The molecular weight excluding hydrogens is 617 g/mol. The predicted molar refractivity (Wildman–Crippen MR) is 139 cm³/mol. The number of benzene rings is 4. The van der Waals surface area contributed by atoms with Gasteiger partial charge in [0.05, 0.1) is 0 Å². The molecule has 0 atom stereocenters. The van der Waals surface area contributed by atoms with Crippen molar-refractivity contribution in [3.05, 3.63) is 76.8 Å². The number of hydrogen-bond acceptors (Lipinski definition) is 11. The van der Waals surface area contributed by atoms with Crippen molar-refractivity contribution >= 4 is 80.6 Å². The summed E-state index contributed by atoms with van der Waals surface area (Å²) in [6.45, 7) is 0. The Hall–Kier alpha value is -4.08. The first-order valence-electron chi connectivity index (χ1n) is 10.4. The fourth-order valence-corrected chi connectivity index (χ4v) is 5.75. The van der Waals surface area contributed by atoms with Gasteiger partial charge in [0.25, 0.3) is 0 Å². The molecule has 0 saturated carbocycles. The van der Waals surface area contributed by atoms with Gasteiger partial charge in [0, 0.05) is 0 Å². The average Bonchev–Trinajstić information content (AvgIpc) is 2.86. The zero-order valence-corrected chi connectivity index (χ0v) is 22.7. The van der Waals surface area contributed by atoms with Crippen LogP contribution in [0.5, 0.6) is 5.75 Å². The van der Waals surface area contributed by atoms with Gasteiger partial charge in [0.15, 0.2) is 0 Å². The minimum absolute atomic E-state index is 0.0271. The maximum atomic E-state index is 12.2. The summed E-state index contributed by atoms with van der Waals surface area (Å²) in [5.41, 5.74) is -1.17. The third-order valence-electron chi connectivity index (χ3n) is 5.13. The van der Waals surface area contributed by atoms with Crippen LogP contribution < -0.4 is 4.35 Å². The number of phenols is 1. The van der Waals surface area contributed by atoms with Gasteiger partial charge in [-0.2, -0.15) is 0 Å². The molecule has 198 valence electrons. The van der Waals surface area contributed by atoms with Crippen molar-refractivity contribution in [1.82, 2.24) is 0 Å². The summed E-state index contributed by atoms with van der Waals surface area (Å²) < 4.78 is 68.1. The van der Waals surface area contributed by atoms with Crippen LogP contribution in [-0.4, -0.2) is 52.8 Å². The molecule has 0 fully saturated rings. The zero-order valence-electron chi connectivity index (χ0n) is 19.1. The minimum atomic E-state index is -5.01. The number of azo groups is 2. The monoisotopic (exact) mass is 631 g/mol. The number of aromatic hydroxyl groups is 1. The molecule has 0 heterocycles. The number of phenolic OH excluding ortho intramolecular Hbond substituents is 1. The van der Waals surface area contributed by atoms with Crippen LogP contribution in [0, 0.1) is 10.1 Å². The molecule has 0 aliphatic rings. The number of nitrogens with zero attached hydrogens (tertiary/aromatic N) is 5. The quantitative estimate of drug-likeness (QED) is 0.0853. The van der Waals surface area contributed by atoms with Gasteiger partial charge < -0.3 is 0 Å². The maximum absolute atomic E-state index is 12.2. The first-order valence-corrected chi connectivity index (χ1v) is 14.2. The predicted octanol–water partition coefficient (Wildman–Crippen LogP) is 4.57. The number of rotatable bonds is 7. The molecule has 0 aliphatic heterocycles. The van der Waals surface area contributed by atoms with E-state index in [1.165, 1.54) is 18.2 Å². The van der Waals surface area contributed by atoms with Gasteiger partial charge in [-0.15, -0.1) is 0 Å². The van der Waals surface area contributed by atoms with Crippen LogP contribution in [0.3, 0.4) is 0 Å². The molecule has 0 aromatic heterocycles.